The van der Waals surface area contributed by atoms with Gasteiger partial charge < -0.3 is 15.5 Å². The number of amides is 1. The molecule has 0 spiro atoms. The molecular weight excluding hydrogens is 290 g/mol. The molecule has 21 heavy (non-hydrogen) atoms. The number of hydrogen-bond donors (Lipinski definition) is 3. The van der Waals surface area contributed by atoms with Crippen molar-refractivity contribution in [1.29, 1.82) is 0 Å². The number of nitrogens with one attached hydrogen (secondary N) is 1. The fourth-order valence-electron chi connectivity index (χ4n) is 1.97. The first-order chi connectivity index (χ1) is 9.95. The Hall–Kier alpha value is -2.20. The van der Waals surface area contributed by atoms with Crippen LogP contribution in [-0.2, 0) is 11.2 Å². The molecule has 2 aromatic carbocycles. The van der Waals surface area contributed by atoms with E-state index in [-0.39, 0.29) is 23.3 Å². The van der Waals surface area contributed by atoms with Crippen LogP contribution < -0.4 is 5.32 Å². The van der Waals surface area contributed by atoms with Crippen molar-refractivity contribution < 1.29 is 15.0 Å². The highest BCUT2D eigenvalue weighted by Gasteiger charge is 2.14. The van der Waals surface area contributed by atoms with Gasteiger partial charge in [0.05, 0.1) is 0 Å². The van der Waals surface area contributed by atoms with E-state index in [2.05, 4.69) is 5.32 Å². The van der Waals surface area contributed by atoms with Crippen LogP contribution >= 0.6 is 11.6 Å². The minimum Gasteiger partial charge on any atom is -0.504 e. The van der Waals surface area contributed by atoms with Crippen LogP contribution in [0.2, 0.25) is 5.02 Å². The first-order valence-corrected chi connectivity index (χ1v) is 6.91. The van der Waals surface area contributed by atoms with Crippen LogP contribution in [0.3, 0.4) is 0 Å². The Balaban J connectivity index is 2.00. The minimum atomic E-state index is -0.284. The van der Waals surface area contributed by atoms with Gasteiger partial charge in [-0.1, -0.05) is 30.7 Å². The zero-order valence-corrected chi connectivity index (χ0v) is 12.3. The third-order valence-electron chi connectivity index (χ3n) is 3.12. The van der Waals surface area contributed by atoms with E-state index in [0.29, 0.717) is 17.1 Å². The molecule has 0 heterocycles. The molecule has 0 aliphatic rings. The van der Waals surface area contributed by atoms with E-state index in [4.69, 9.17) is 11.6 Å². The maximum atomic E-state index is 12.1. The lowest BCUT2D eigenvalue weighted by atomic mass is 10.00. The van der Waals surface area contributed by atoms with Crippen LogP contribution in [0.1, 0.15) is 12.5 Å². The molecule has 2 rings (SSSR count). The number of carbonyl (C=O) groups is 1. The lowest BCUT2D eigenvalue weighted by Gasteiger charge is -2.13. The SMILES string of the molecule is CC(Cc1ccc(O)c(O)c1)C(=O)Nc1cccc(Cl)c1. The molecule has 0 bridgehead atoms. The number of halogens is 1. The van der Waals surface area contributed by atoms with Gasteiger partial charge in [-0.15, -0.1) is 0 Å². The van der Waals surface area contributed by atoms with Gasteiger partial charge in [0.1, 0.15) is 0 Å². The summed E-state index contributed by atoms with van der Waals surface area (Å²) in [4.78, 5) is 12.1. The maximum absolute atomic E-state index is 12.1. The fourth-order valence-corrected chi connectivity index (χ4v) is 2.16. The first-order valence-electron chi connectivity index (χ1n) is 6.53. The van der Waals surface area contributed by atoms with Crippen LogP contribution in [0.25, 0.3) is 0 Å². The van der Waals surface area contributed by atoms with Crippen LogP contribution in [0.5, 0.6) is 11.5 Å². The number of hydrogen-bond acceptors (Lipinski definition) is 3. The summed E-state index contributed by atoms with van der Waals surface area (Å²) >= 11 is 5.87. The van der Waals surface area contributed by atoms with Gasteiger partial charge in [0, 0.05) is 16.6 Å². The molecule has 0 radical (unpaired) electrons. The first kappa shape index (κ1) is 15.2. The summed E-state index contributed by atoms with van der Waals surface area (Å²) in [6, 6.07) is 11.5. The second kappa shape index (κ2) is 6.50. The molecule has 0 aromatic heterocycles. The molecular formula is C16H16ClNO3. The zero-order valence-electron chi connectivity index (χ0n) is 11.5. The Kier molecular flexibility index (Phi) is 4.70. The summed E-state index contributed by atoms with van der Waals surface area (Å²) in [7, 11) is 0. The highest BCUT2D eigenvalue weighted by atomic mass is 35.5. The van der Waals surface area contributed by atoms with Crippen LogP contribution in [0.4, 0.5) is 5.69 Å². The normalized spacial score (nSPS) is 11.9. The van der Waals surface area contributed by atoms with Crippen molar-refractivity contribution in [2.75, 3.05) is 5.32 Å². The summed E-state index contributed by atoms with van der Waals surface area (Å²) in [6.45, 7) is 1.80. The summed E-state index contributed by atoms with van der Waals surface area (Å²) in [5, 5.41) is 22.1. The molecule has 1 atom stereocenters. The highest BCUT2D eigenvalue weighted by Crippen LogP contribution is 2.26. The van der Waals surface area contributed by atoms with Crippen molar-refractivity contribution in [1.82, 2.24) is 0 Å². The Bertz CT molecular complexity index is 658. The van der Waals surface area contributed by atoms with Crippen LogP contribution in [0, 0.1) is 5.92 Å². The van der Waals surface area contributed by atoms with Gasteiger partial charge in [-0.3, -0.25) is 4.79 Å². The van der Waals surface area contributed by atoms with E-state index < -0.39 is 0 Å². The Morgan fingerprint density at radius 3 is 2.62 bits per heavy atom. The van der Waals surface area contributed by atoms with Gasteiger partial charge in [-0.2, -0.15) is 0 Å². The smallest absolute Gasteiger partial charge is 0.227 e. The third-order valence-corrected chi connectivity index (χ3v) is 3.36. The Morgan fingerprint density at radius 2 is 1.95 bits per heavy atom. The summed E-state index contributed by atoms with van der Waals surface area (Å²) in [6.07, 6.45) is 0.459. The predicted octanol–water partition coefficient (Wildman–Crippen LogP) is 3.57. The van der Waals surface area contributed by atoms with Gasteiger partial charge in [-0.05, 0) is 42.3 Å². The van der Waals surface area contributed by atoms with Crippen LogP contribution in [0.15, 0.2) is 42.5 Å². The van der Waals surface area contributed by atoms with Gasteiger partial charge in [0.25, 0.3) is 0 Å². The molecule has 0 saturated carbocycles. The number of anilines is 1. The van der Waals surface area contributed by atoms with E-state index in [9.17, 15) is 15.0 Å². The van der Waals surface area contributed by atoms with E-state index in [0.717, 1.165) is 5.56 Å². The van der Waals surface area contributed by atoms with Gasteiger partial charge in [0.2, 0.25) is 5.91 Å². The summed E-state index contributed by atoms with van der Waals surface area (Å²) in [5.41, 5.74) is 1.42. The molecule has 0 aliphatic carbocycles. The number of phenolic OH excluding ortho intramolecular Hbond substituents is 2. The average Bonchev–Trinajstić information content (AvgIpc) is 2.43. The molecule has 1 amide bonds. The number of aromatic hydroxyl groups is 2. The topological polar surface area (TPSA) is 69.6 Å². The van der Waals surface area contributed by atoms with Crippen molar-refractivity contribution >= 4 is 23.2 Å². The Labute approximate surface area is 128 Å². The average molecular weight is 306 g/mol. The maximum Gasteiger partial charge on any atom is 0.227 e. The minimum absolute atomic E-state index is 0.134. The quantitative estimate of drug-likeness (QED) is 0.756. The van der Waals surface area contributed by atoms with E-state index >= 15 is 0 Å². The molecule has 1 unspecified atom stereocenters. The highest BCUT2D eigenvalue weighted by molar-refractivity contribution is 6.30. The summed E-state index contributed by atoms with van der Waals surface area (Å²) in [5.74, 6) is -0.775. The largest absolute Gasteiger partial charge is 0.504 e. The third kappa shape index (κ3) is 4.13. The zero-order chi connectivity index (χ0) is 15.4. The fraction of sp³-hybridized carbons (Fsp3) is 0.188. The van der Waals surface area contributed by atoms with E-state index in [1.165, 1.54) is 12.1 Å². The molecule has 0 aliphatic heterocycles. The van der Waals surface area contributed by atoms with Crippen molar-refractivity contribution in [3.8, 4) is 11.5 Å². The lowest BCUT2D eigenvalue weighted by molar-refractivity contribution is -0.119. The second-order valence-corrected chi connectivity index (χ2v) is 5.36. The van der Waals surface area contributed by atoms with Crippen molar-refractivity contribution in [3.63, 3.8) is 0 Å². The molecule has 2 aromatic rings. The molecule has 0 saturated heterocycles. The predicted molar refractivity (Wildman–Crippen MR) is 82.7 cm³/mol. The molecule has 5 heteroatoms. The number of carbonyl (C=O) groups excluding carboxylic acids is 1. The molecule has 0 fully saturated rings. The number of rotatable bonds is 4. The van der Waals surface area contributed by atoms with E-state index in [1.54, 1.807) is 37.3 Å². The second-order valence-electron chi connectivity index (χ2n) is 4.93. The van der Waals surface area contributed by atoms with Gasteiger partial charge in [0.15, 0.2) is 11.5 Å². The standard InChI is InChI=1S/C16H16ClNO3/c1-10(7-11-5-6-14(19)15(20)8-11)16(21)18-13-4-2-3-12(17)9-13/h2-6,8-10,19-20H,7H2,1H3,(H,18,21). The molecule has 3 N–H and O–H groups in total. The summed E-state index contributed by atoms with van der Waals surface area (Å²) < 4.78 is 0. The molecule has 110 valence electrons. The van der Waals surface area contributed by atoms with Gasteiger partial charge >= 0.3 is 0 Å². The van der Waals surface area contributed by atoms with E-state index in [1.807, 2.05) is 0 Å². The van der Waals surface area contributed by atoms with Crippen molar-refractivity contribution in [2.24, 2.45) is 5.92 Å². The van der Waals surface area contributed by atoms with Crippen LogP contribution in [-0.4, -0.2) is 16.1 Å². The Morgan fingerprint density at radius 1 is 1.19 bits per heavy atom. The van der Waals surface area contributed by atoms with Crippen molar-refractivity contribution in [2.45, 2.75) is 13.3 Å². The number of benzene rings is 2. The van der Waals surface area contributed by atoms with Crippen molar-refractivity contribution in [3.05, 3.63) is 53.1 Å². The number of phenols is 2. The van der Waals surface area contributed by atoms with Gasteiger partial charge in [-0.25, -0.2) is 0 Å². The monoisotopic (exact) mass is 305 g/mol. The lowest BCUT2D eigenvalue weighted by Crippen LogP contribution is -2.22. The molecule has 4 nitrogen and oxygen atoms in total.